The first-order chi connectivity index (χ1) is 39.1. The molecule has 0 aliphatic carbocycles. The molecule has 0 saturated carbocycles. The standard InChI is InChI=1S/C44H76O37S2/c1-3-5-19(82(62,63)64)80-44(6-4-2,83(65,66)67)81-37-30(61)43-73-18(12-50)36(37)79-42-29(60)24(55)34(16(10-48)72-42)77-40-27(58)22(53)32(14(8-46)70-40)75-38-25(56)20(51)31(13(7-45)68-38)74-39-26(57)21(52)33(15(9-47)69-39)76-41-28(59)23(54)35(78-43)17(11-49)71-41/h13-43,45-61H,3-12H2,1-2H3,(H,62,63,64)(H,65,66,67)/t13-,14-,15-,16-,17-,18-,19?,20-,21-,22-,23-,24-,25-,26-,27-,28-,29-,30-,31-,32-,33-,34-,35-,36+,37-,38-,39-,40-,41-,42-,43-,44?/m1/s1. The highest BCUT2D eigenvalue weighted by Gasteiger charge is 2.62. The molecule has 2 unspecified atom stereocenters. The molecule has 22 fully saturated rings. The van der Waals surface area contributed by atoms with Crippen molar-refractivity contribution in [2.75, 3.05) is 39.6 Å². The third-order valence-electron chi connectivity index (χ3n) is 15.1. The van der Waals surface area contributed by atoms with Gasteiger partial charge in [-0.1, -0.05) is 20.3 Å². The largest absolute Gasteiger partial charge is 0.394 e. The van der Waals surface area contributed by atoms with Crippen LogP contribution in [0.2, 0.25) is 0 Å². The number of ether oxygens (including phenoxy) is 14. The SMILES string of the molecule is CCCC(OC(CCC)(O[C@@H]1[C@@H](O)[C@H]2O[C@H]3[C@H](O)[C@@H](O)[C@@H](O[C@H]4[C@H](O)[C@@H](O)[C@@H](O[C@H]5[C@H](O)[C@@H](O)[C@@H](O[C@H]6[C@H](O)[C@@H](O)[C@@H](O[C@H]7[C@H](O)[C@@H](O)[C@@H](O[C@H]1[C@@H](CO)O2)O[C@@H]7CO)O[C@@H]6CO)O[C@@H]5CO)O[C@@H]4CO)O[C@@H]3CO)S(=O)(=O)O)S(=O)(=O)O. The summed E-state index contributed by atoms with van der Waals surface area (Å²) in [5.74, 6) is 0. The van der Waals surface area contributed by atoms with Crippen molar-refractivity contribution < 1.29 is 179 Å². The molecule has 0 amide bonds. The Balaban J connectivity index is 1.30. The average Bonchev–Trinajstić information content (AvgIpc) is 3.18. The molecule has 22 heterocycles. The van der Waals surface area contributed by atoms with E-state index < -0.39 is 268 Å². The van der Waals surface area contributed by atoms with Gasteiger partial charge in [-0.2, -0.15) is 16.8 Å². The van der Waals surface area contributed by atoms with Gasteiger partial charge in [0.25, 0.3) is 10.1 Å². The molecule has 37 nitrogen and oxygen atoms in total. The minimum atomic E-state index is -5.98. The van der Waals surface area contributed by atoms with E-state index in [1.165, 1.54) is 13.8 Å². The first-order valence-electron chi connectivity index (χ1n) is 26.4. The second kappa shape index (κ2) is 28.6. The van der Waals surface area contributed by atoms with Gasteiger partial charge in [0.15, 0.2) is 43.2 Å². The van der Waals surface area contributed by atoms with Gasteiger partial charge in [0.2, 0.25) is 0 Å². The maximum atomic E-state index is 13.6. The van der Waals surface area contributed by atoms with Gasteiger partial charge in [-0.25, -0.2) is 0 Å². The molecule has 39 heteroatoms. The van der Waals surface area contributed by atoms with Crippen LogP contribution in [0.15, 0.2) is 0 Å². The molecule has 0 aromatic rings. The fourth-order valence-corrected chi connectivity index (χ4v) is 12.5. The molecule has 32 atom stereocenters. The van der Waals surface area contributed by atoms with E-state index in [1.807, 2.05) is 0 Å². The lowest BCUT2D eigenvalue weighted by Crippen LogP contribution is -2.69. The van der Waals surface area contributed by atoms with Gasteiger partial charge in [-0.05, 0) is 12.8 Å². The van der Waals surface area contributed by atoms with Crippen LogP contribution in [0.5, 0.6) is 0 Å². The highest BCUT2D eigenvalue weighted by Crippen LogP contribution is 2.41. The maximum absolute atomic E-state index is 13.6. The predicted octanol–water partition coefficient (Wildman–Crippen LogP) is -11.7. The van der Waals surface area contributed by atoms with Crippen molar-refractivity contribution in [2.24, 2.45) is 0 Å². The third kappa shape index (κ3) is 14.3. The van der Waals surface area contributed by atoms with Crippen molar-refractivity contribution in [3.63, 3.8) is 0 Å². The molecule has 12 bridgehead atoms. The van der Waals surface area contributed by atoms with Gasteiger partial charge < -0.3 is 153 Å². The quantitative estimate of drug-likeness (QED) is 0.0504. The van der Waals surface area contributed by atoms with Crippen LogP contribution in [0.1, 0.15) is 39.5 Å². The molecule has 22 saturated heterocycles. The van der Waals surface area contributed by atoms with E-state index in [0.29, 0.717) is 0 Å². The van der Waals surface area contributed by atoms with Crippen LogP contribution in [0.4, 0.5) is 0 Å². The lowest BCUT2D eigenvalue weighted by Gasteiger charge is -2.51. The first kappa shape index (κ1) is 69.1. The molecule has 0 radical (unpaired) electrons. The van der Waals surface area contributed by atoms with Crippen LogP contribution >= 0.6 is 0 Å². The molecule has 0 aromatic heterocycles. The second-order valence-corrected chi connectivity index (χ2v) is 23.8. The molecule has 22 aliphatic rings. The molecule has 486 valence electrons. The molecular weight excluding hydrogens is 1180 g/mol. The van der Waals surface area contributed by atoms with Crippen molar-refractivity contribution in [3.8, 4) is 0 Å². The summed E-state index contributed by atoms with van der Waals surface area (Å²) >= 11 is 0. The van der Waals surface area contributed by atoms with Gasteiger partial charge >= 0.3 is 15.2 Å². The summed E-state index contributed by atoms with van der Waals surface area (Å²) < 4.78 is 154. The Morgan fingerprint density at radius 1 is 0.373 bits per heavy atom. The average molecular weight is 1260 g/mol. The van der Waals surface area contributed by atoms with Crippen LogP contribution in [0.25, 0.3) is 0 Å². The van der Waals surface area contributed by atoms with E-state index in [0.717, 1.165) is 0 Å². The van der Waals surface area contributed by atoms with E-state index in [1.54, 1.807) is 0 Å². The molecule has 19 N–H and O–H groups in total. The summed E-state index contributed by atoms with van der Waals surface area (Å²) in [5, 5.41) is 186. The van der Waals surface area contributed by atoms with Gasteiger partial charge in [0, 0.05) is 6.42 Å². The fraction of sp³-hybridized carbons (Fsp3) is 1.00. The Labute approximate surface area is 472 Å². The topological polar surface area (TPSA) is 582 Å². The van der Waals surface area contributed by atoms with Gasteiger partial charge in [-0.3, -0.25) is 9.11 Å². The van der Waals surface area contributed by atoms with Gasteiger partial charge in [0.05, 0.1) is 39.6 Å². The summed E-state index contributed by atoms with van der Waals surface area (Å²) in [6.45, 7) is -4.28. The van der Waals surface area contributed by atoms with Crippen molar-refractivity contribution in [1.82, 2.24) is 0 Å². The van der Waals surface area contributed by atoms with Crippen molar-refractivity contribution in [1.29, 1.82) is 0 Å². The lowest BCUT2D eigenvalue weighted by atomic mass is 9.94. The predicted molar refractivity (Wildman–Crippen MR) is 255 cm³/mol. The van der Waals surface area contributed by atoms with Gasteiger partial charge in [-0.15, -0.1) is 0 Å². The van der Waals surface area contributed by atoms with E-state index >= 15 is 0 Å². The smallest absolute Gasteiger partial charge is 0.322 e. The zero-order chi connectivity index (χ0) is 61.4. The summed E-state index contributed by atoms with van der Waals surface area (Å²) in [4.78, 5) is 0. The molecule has 0 aromatic carbocycles. The monoisotopic (exact) mass is 1260 g/mol. The molecule has 83 heavy (non-hydrogen) atoms. The minimum Gasteiger partial charge on any atom is -0.394 e. The van der Waals surface area contributed by atoms with Crippen molar-refractivity contribution in [2.45, 2.75) is 234 Å². The van der Waals surface area contributed by atoms with E-state index in [9.17, 15) is 113 Å². The van der Waals surface area contributed by atoms with E-state index in [-0.39, 0.29) is 12.8 Å². The number of rotatable bonds is 16. The van der Waals surface area contributed by atoms with Gasteiger partial charge in [0.1, 0.15) is 146 Å². The van der Waals surface area contributed by atoms with Crippen molar-refractivity contribution in [3.05, 3.63) is 0 Å². The normalized spacial score (nSPS) is 48.1. The number of hydrogen-bond acceptors (Lipinski definition) is 35. The summed E-state index contributed by atoms with van der Waals surface area (Å²) in [6, 6.07) is 0. The highest BCUT2D eigenvalue weighted by atomic mass is 32.2. The minimum absolute atomic E-state index is 0.130. The third-order valence-corrected chi connectivity index (χ3v) is 17.3. The van der Waals surface area contributed by atoms with Crippen LogP contribution in [-0.2, 0) is 86.6 Å². The summed E-state index contributed by atoms with van der Waals surface area (Å²) in [7, 11) is -11.4. The van der Waals surface area contributed by atoms with Crippen LogP contribution < -0.4 is 0 Å². The van der Waals surface area contributed by atoms with E-state index in [2.05, 4.69) is 0 Å². The zero-order valence-electron chi connectivity index (χ0n) is 44.1. The molecule has 22 aliphatic heterocycles. The Hall–Kier alpha value is -1.42. The van der Waals surface area contributed by atoms with Crippen LogP contribution in [-0.4, -0.2) is 347 Å². The maximum Gasteiger partial charge on any atom is 0.322 e. The first-order valence-corrected chi connectivity index (χ1v) is 29.3. The fourth-order valence-electron chi connectivity index (χ4n) is 10.7. The number of aliphatic hydroxyl groups is 17. The Morgan fingerprint density at radius 2 is 0.627 bits per heavy atom. The van der Waals surface area contributed by atoms with E-state index in [4.69, 9.17) is 66.3 Å². The van der Waals surface area contributed by atoms with Crippen LogP contribution in [0.3, 0.4) is 0 Å². The Morgan fingerprint density at radius 3 is 0.855 bits per heavy atom. The van der Waals surface area contributed by atoms with Crippen LogP contribution in [0, 0.1) is 0 Å². The molecule has 0 spiro atoms. The summed E-state index contributed by atoms with van der Waals surface area (Å²) in [5.41, 5.74) is -2.50. The van der Waals surface area contributed by atoms with Crippen molar-refractivity contribution >= 4 is 20.2 Å². The Bertz CT molecular complexity index is 2250. The summed E-state index contributed by atoms with van der Waals surface area (Å²) in [6.07, 6.45) is -67.3. The molecule has 22 rings (SSSR count). The molecular formula is C44H76O37S2. The highest BCUT2D eigenvalue weighted by molar-refractivity contribution is 7.87. The lowest BCUT2D eigenvalue weighted by molar-refractivity contribution is -0.409. The number of hydrogen-bond donors (Lipinski definition) is 19. The number of aliphatic hydroxyl groups excluding tert-OH is 17. The zero-order valence-corrected chi connectivity index (χ0v) is 45.8. The second-order valence-electron chi connectivity index (χ2n) is 20.7. The Kier molecular flexibility index (Phi) is 23.8.